The normalized spacial score (nSPS) is 23.9. The number of nitrogens with one attached hydrogen (secondary N) is 1. The van der Waals surface area contributed by atoms with Gasteiger partial charge in [0.2, 0.25) is 5.91 Å². The van der Waals surface area contributed by atoms with E-state index >= 15 is 0 Å². The molecule has 1 heterocycles. The van der Waals surface area contributed by atoms with Crippen molar-refractivity contribution in [1.82, 2.24) is 10.2 Å². The predicted molar refractivity (Wildman–Crippen MR) is 73.4 cm³/mol. The van der Waals surface area contributed by atoms with E-state index in [-0.39, 0.29) is 12.2 Å². The first kappa shape index (κ1) is 15.4. The molecule has 0 aromatic carbocycles. The number of ether oxygens (including phenoxy) is 1. The Morgan fingerprint density at radius 3 is 2.67 bits per heavy atom. The molecule has 106 valence electrons. The van der Waals surface area contributed by atoms with Crippen LogP contribution in [0.1, 0.15) is 52.4 Å². The fourth-order valence-corrected chi connectivity index (χ4v) is 2.52. The maximum absolute atomic E-state index is 12.2. The van der Waals surface area contributed by atoms with Gasteiger partial charge in [0.05, 0.1) is 12.2 Å². The second-order valence-electron chi connectivity index (χ2n) is 5.02. The van der Waals surface area contributed by atoms with Crippen molar-refractivity contribution < 1.29 is 9.53 Å². The third-order valence-corrected chi connectivity index (χ3v) is 3.57. The van der Waals surface area contributed by atoms with Crippen molar-refractivity contribution in [3.05, 3.63) is 0 Å². The molecule has 0 aliphatic carbocycles. The first-order chi connectivity index (χ1) is 8.74. The summed E-state index contributed by atoms with van der Waals surface area (Å²) in [5, 5.41) is 3.45. The quantitative estimate of drug-likeness (QED) is 0.643. The van der Waals surface area contributed by atoms with E-state index < -0.39 is 0 Å². The molecule has 1 fully saturated rings. The SMILES string of the molecule is CCCC1NC(CC)C(=O)N1CCCCCOC. The Morgan fingerprint density at radius 2 is 2.06 bits per heavy atom. The lowest BCUT2D eigenvalue weighted by Crippen LogP contribution is -2.37. The van der Waals surface area contributed by atoms with Crippen LogP contribution in [-0.4, -0.2) is 43.3 Å². The maximum Gasteiger partial charge on any atom is 0.241 e. The average molecular weight is 256 g/mol. The van der Waals surface area contributed by atoms with Crippen LogP contribution in [0.2, 0.25) is 0 Å². The van der Waals surface area contributed by atoms with Crippen LogP contribution >= 0.6 is 0 Å². The first-order valence-electron chi connectivity index (χ1n) is 7.30. The predicted octanol–water partition coefficient (Wildman–Crippen LogP) is 2.14. The fourth-order valence-electron chi connectivity index (χ4n) is 2.52. The minimum atomic E-state index is 0.0422. The zero-order chi connectivity index (χ0) is 13.4. The molecular formula is C14H28N2O2. The van der Waals surface area contributed by atoms with Gasteiger partial charge < -0.3 is 9.64 Å². The van der Waals surface area contributed by atoms with E-state index in [1.165, 1.54) is 0 Å². The molecule has 0 spiro atoms. The summed E-state index contributed by atoms with van der Waals surface area (Å²) in [7, 11) is 1.73. The van der Waals surface area contributed by atoms with E-state index in [4.69, 9.17) is 4.74 Å². The van der Waals surface area contributed by atoms with E-state index in [1.807, 2.05) is 4.90 Å². The van der Waals surface area contributed by atoms with E-state index in [0.717, 1.165) is 51.7 Å². The van der Waals surface area contributed by atoms with Crippen molar-refractivity contribution in [1.29, 1.82) is 0 Å². The van der Waals surface area contributed by atoms with Gasteiger partial charge >= 0.3 is 0 Å². The molecule has 1 saturated heterocycles. The third-order valence-electron chi connectivity index (χ3n) is 3.57. The van der Waals surface area contributed by atoms with Crippen LogP contribution in [0.25, 0.3) is 0 Å². The maximum atomic E-state index is 12.2. The molecular weight excluding hydrogens is 228 g/mol. The summed E-state index contributed by atoms with van der Waals surface area (Å²) in [5.74, 6) is 0.294. The monoisotopic (exact) mass is 256 g/mol. The van der Waals surface area contributed by atoms with Crippen LogP contribution in [-0.2, 0) is 9.53 Å². The number of hydrogen-bond donors (Lipinski definition) is 1. The topological polar surface area (TPSA) is 41.6 Å². The van der Waals surface area contributed by atoms with Crippen molar-refractivity contribution in [2.45, 2.75) is 64.6 Å². The standard InChI is InChI=1S/C14H28N2O2/c1-4-9-13-15-12(5-2)14(17)16(13)10-7-6-8-11-18-3/h12-13,15H,4-11H2,1-3H3. The van der Waals surface area contributed by atoms with E-state index in [2.05, 4.69) is 19.2 Å². The molecule has 18 heavy (non-hydrogen) atoms. The van der Waals surface area contributed by atoms with Crippen LogP contribution in [0.15, 0.2) is 0 Å². The number of hydrogen-bond acceptors (Lipinski definition) is 3. The summed E-state index contributed by atoms with van der Waals surface area (Å²) in [4.78, 5) is 14.2. The lowest BCUT2D eigenvalue weighted by Gasteiger charge is -2.23. The van der Waals surface area contributed by atoms with Gasteiger partial charge in [-0.2, -0.15) is 0 Å². The molecule has 1 N–H and O–H groups in total. The molecule has 0 radical (unpaired) electrons. The van der Waals surface area contributed by atoms with Crippen molar-refractivity contribution in [2.75, 3.05) is 20.3 Å². The number of nitrogens with zero attached hydrogens (tertiary/aromatic N) is 1. The summed E-state index contributed by atoms with van der Waals surface area (Å²) in [6.07, 6.45) is 6.61. The van der Waals surface area contributed by atoms with E-state index in [1.54, 1.807) is 7.11 Å². The van der Waals surface area contributed by atoms with Crippen LogP contribution in [0.5, 0.6) is 0 Å². The van der Waals surface area contributed by atoms with Crippen molar-refractivity contribution >= 4 is 5.91 Å². The molecule has 0 bridgehead atoms. The van der Waals surface area contributed by atoms with Gasteiger partial charge in [-0.15, -0.1) is 0 Å². The van der Waals surface area contributed by atoms with E-state index in [0.29, 0.717) is 5.91 Å². The van der Waals surface area contributed by atoms with Crippen LogP contribution < -0.4 is 5.32 Å². The average Bonchev–Trinajstić information content (AvgIpc) is 2.67. The Kier molecular flexibility index (Phi) is 7.28. The molecule has 0 saturated carbocycles. The number of unbranched alkanes of at least 4 members (excludes halogenated alkanes) is 2. The molecule has 1 rings (SSSR count). The Hall–Kier alpha value is -0.610. The summed E-state index contributed by atoms with van der Waals surface area (Å²) in [5.41, 5.74) is 0. The van der Waals surface area contributed by atoms with E-state index in [9.17, 15) is 4.79 Å². The van der Waals surface area contributed by atoms with Crippen molar-refractivity contribution in [2.24, 2.45) is 0 Å². The fraction of sp³-hybridized carbons (Fsp3) is 0.929. The molecule has 4 nitrogen and oxygen atoms in total. The van der Waals surface area contributed by atoms with Gasteiger partial charge in [0, 0.05) is 20.3 Å². The molecule has 1 aliphatic rings. The highest BCUT2D eigenvalue weighted by Crippen LogP contribution is 2.17. The highest BCUT2D eigenvalue weighted by atomic mass is 16.5. The number of methoxy groups -OCH3 is 1. The van der Waals surface area contributed by atoms with Crippen molar-refractivity contribution in [3.63, 3.8) is 0 Å². The Bertz CT molecular complexity index is 246. The minimum Gasteiger partial charge on any atom is -0.385 e. The Morgan fingerprint density at radius 1 is 1.28 bits per heavy atom. The molecule has 0 aromatic rings. The lowest BCUT2D eigenvalue weighted by atomic mass is 10.2. The van der Waals surface area contributed by atoms with Crippen LogP contribution in [0, 0.1) is 0 Å². The van der Waals surface area contributed by atoms with Crippen molar-refractivity contribution in [3.8, 4) is 0 Å². The van der Waals surface area contributed by atoms with Gasteiger partial charge in [-0.3, -0.25) is 10.1 Å². The highest BCUT2D eigenvalue weighted by Gasteiger charge is 2.36. The van der Waals surface area contributed by atoms with Gasteiger partial charge in [0.15, 0.2) is 0 Å². The Labute approximate surface area is 111 Å². The van der Waals surface area contributed by atoms with Gasteiger partial charge in [-0.05, 0) is 32.1 Å². The molecule has 2 unspecified atom stereocenters. The number of carbonyl (C=O) groups excluding carboxylic acids is 1. The zero-order valence-electron chi connectivity index (χ0n) is 12.1. The smallest absolute Gasteiger partial charge is 0.241 e. The summed E-state index contributed by atoms with van der Waals surface area (Å²) >= 11 is 0. The molecule has 4 heteroatoms. The summed E-state index contributed by atoms with van der Waals surface area (Å²) in [6, 6.07) is 0.0422. The number of amides is 1. The Balaban J connectivity index is 2.36. The van der Waals surface area contributed by atoms with Crippen LogP contribution in [0.3, 0.4) is 0 Å². The second kappa shape index (κ2) is 8.48. The summed E-state index contributed by atoms with van der Waals surface area (Å²) in [6.45, 7) is 5.95. The largest absolute Gasteiger partial charge is 0.385 e. The number of rotatable bonds is 9. The van der Waals surface area contributed by atoms with Gasteiger partial charge in [0.1, 0.15) is 0 Å². The number of carbonyl (C=O) groups is 1. The first-order valence-corrected chi connectivity index (χ1v) is 7.30. The highest BCUT2D eigenvalue weighted by molar-refractivity contribution is 5.84. The third kappa shape index (κ3) is 4.25. The molecule has 1 aliphatic heterocycles. The summed E-state index contributed by atoms with van der Waals surface area (Å²) < 4.78 is 5.04. The molecule has 0 aromatic heterocycles. The second-order valence-corrected chi connectivity index (χ2v) is 5.02. The van der Waals surface area contributed by atoms with Crippen LogP contribution in [0.4, 0.5) is 0 Å². The van der Waals surface area contributed by atoms with Gasteiger partial charge in [-0.25, -0.2) is 0 Å². The molecule has 1 amide bonds. The zero-order valence-corrected chi connectivity index (χ0v) is 12.1. The van der Waals surface area contributed by atoms with Gasteiger partial charge in [-0.1, -0.05) is 20.3 Å². The lowest BCUT2D eigenvalue weighted by molar-refractivity contribution is -0.130. The van der Waals surface area contributed by atoms with Gasteiger partial charge in [0.25, 0.3) is 0 Å². The minimum absolute atomic E-state index is 0.0422. The molecule has 2 atom stereocenters.